The first-order chi connectivity index (χ1) is 15.9. The van der Waals surface area contributed by atoms with E-state index in [1.807, 2.05) is 23.1 Å². The van der Waals surface area contributed by atoms with Gasteiger partial charge in [-0.2, -0.15) is 0 Å². The van der Waals surface area contributed by atoms with Gasteiger partial charge in [-0.15, -0.1) is 0 Å². The van der Waals surface area contributed by atoms with E-state index in [9.17, 15) is 19.8 Å². The smallest absolute Gasteiger partial charge is 0.335 e. The molecule has 33 heavy (non-hydrogen) atoms. The van der Waals surface area contributed by atoms with Gasteiger partial charge < -0.3 is 24.3 Å². The summed E-state index contributed by atoms with van der Waals surface area (Å²) in [5, 5.41) is 20.1. The lowest BCUT2D eigenvalue weighted by molar-refractivity contribution is -0.144. The number of benzene rings is 2. The lowest BCUT2D eigenvalue weighted by atomic mass is 10.0. The molecule has 1 saturated heterocycles. The largest absolute Gasteiger partial charge is 0.480 e. The lowest BCUT2D eigenvalue weighted by Gasteiger charge is -2.37. The fourth-order valence-electron chi connectivity index (χ4n) is 4.73. The molecule has 2 aliphatic heterocycles. The number of aliphatic carboxylic acids is 1. The van der Waals surface area contributed by atoms with Crippen LogP contribution in [-0.2, 0) is 18.4 Å². The molecule has 1 atom stereocenters. The maximum Gasteiger partial charge on any atom is 0.335 e. The van der Waals surface area contributed by atoms with Crippen LogP contribution in [0.15, 0.2) is 42.6 Å². The van der Waals surface area contributed by atoms with Crippen molar-refractivity contribution in [1.29, 1.82) is 0 Å². The number of aromatic carboxylic acids is 1. The molecule has 0 unspecified atom stereocenters. The van der Waals surface area contributed by atoms with Crippen LogP contribution >= 0.6 is 0 Å². The number of aryl methyl sites for hydroxylation is 1. The van der Waals surface area contributed by atoms with Crippen molar-refractivity contribution in [3.05, 3.63) is 59.3 Å². The highest BCUT2D eigenvalue weighted by Crippen LogP contribution is 2.34. The van der Waals surface area contributed by atoms with Crippen molar-refractivity contribution in [3.8, 4) is 11.5 Å². The summed E-state index contributed by atoms with van der Waals surface area (Å²) in [6.07, 6.45) is 1.80. The molecule has 2 aliphatic rings. The number of hydrogen-bond donors (Lipinski definition) is 2. The number of aromatic nitrogens is 1. The molecule has 0 bridgehead atoms. The third-order valence-corrected chi connectivity index (χ3v) is 6.41. The third kappa shape index (κ3) is 4.01. The van der Waals surface area contributed by atoms with Gasteiger partial charge in [-0.3, -0.25) is 14.6 Å². The van der Waals surface area contributed by atoms with Gasteiger partial charge in [0.1, 0.15) is 6.04 Å². The van der Waals surface area contributed by atoms with Crippen LogP contribution < -0.4 is 9.47 Å². The van der Waals surface area contributed by atoms with Crippen molar-refractivity contribution in [3.63, 3.8) is 0 Å². The average molecular weight is 451 g/mol. The molecule has 0 amide bonds. The van der Waals surface area contributed by atoms with E-state index in [-0.39, 0.29) is 12.4 Å². The van der Waals surface area contributed by atoms with Crippen LogP contribution in [0.25, 0.3) is 10.9 Å². The van der Waals surface area contributed by atoms with E-state index < -0.39 is 18.0 Å². The Kier molecular flexibility index (Phi) is 5.43. The van der Waals surface area contributed by atoms with Gasteiger partial charge in [0.2, 0.25) is 6.79 Å². The minimum atomic E-state index is -1.01. The summed E-state index contributed by atoms with van der Waals surface area (Å²) in [7, 11) is 1.81. The number of rotatable bonds is 6. The van der Waals surface area contributed by atoms with E-state index in [1.165, 1.54) is 6.07 Å². The Hall–Kier alpha value is -3.56. The number of carboxylic acids is 2. The van der Waals surface area contributed by atoms with Crippen LogP contribution in [0, 0.1) is 0 Å². The Morgan fingerprint density at radius 2 is 1.76 bits per heavy atom. The summed E-state index contributed by atoms with van der Waals surface area (Å²) in [6.45, 7) is 3.73. The Bertz CT molecular complexity index is 1230. The summed E-state index contributed by atoms with van der Waals surface area (Å²) < 4.78 is 12.6. The first kappa shape index (κ1) is 21.3. The molecule has 1 aromatic heterocycles. The van der Waals surface area contributed by atoms with Crippen molar-refractivity contribution in [2.24, 2.45) is 7.05 Å². The van der Waals surface area contributed by atoms with Crippen LogP contribution in [0.4, 0.5) is 0 Å². The Morgan fingerprint density at radius 3 is 2.48 bits per heavy atom. The fraction of sp³-hybridized carbons (Fsp3) is 0.333. The number of carboxylic acid groups (broad SMARTS) is 2. The Morgan fingerprint density at radius 1 is 1.00 bits per heavy atom. The molecule has 9 heteroatoms. The van der Waals surface area contributed by atoms with Crippen LogP contribution in [0.2, 0.25) is 0 Å². The molecule has 5 rings (SSSR count). The topological polar surface area (TPSA) is 104 Å². The first-order valence-corrected chi connectivity index (χ1v) is 10.8. The molecule has 3 heterocycles. The Labute approximate surface area is 190 Å². The standard InChI is InChI=1S/C24H25N3O6/c1-25-13-18(17-4-3-16(23(28)29)11-19(17)25)22(24(30)31)27-8-6-26(7-9-27)12-15-2-5-20-21(10-15)33-14-32-20/h2-5,10-11,13,22H,6-9,12,14H2,1H3,(H,28,29)(H,30,31)/t22-/m0/s1. The van der Waals surface area contributed by atoms with Crippen molar-refractivity contribution in [2.45, 2.75) is 12.6 Å². The molecule has 0 saturated carbocycles. The number of ether oxygens (including phenoxy) is 2. The van der Waals surface area contributed by atoms with Crippen LogP contribution in [0.5, 0.6) is 11.5 Å². The van der Waals surface area contributed by atoms with Gasteiger partial charge in [0.25, 0.3) is 0 Å². The van der Waals surface area contributed by atoms with E-state index in [4.69, 9.17) is 9.47 Å². The predicted octanol–water partition coefficient (Wildman–Crippen LogP) is 2.55. The number of carbonyl (C=O) groups is 2. The number of nitrogens with zero attached hydrogens (tertiary/aromatic N) is 3. The zero-order valence-electron chi connectivity index (χ0n) is 18.2. The molecule has 0 spiro atoms. The summed E-state index contributed by atoms with van der Waals surface area (Å²) >= 11 is 0. The van der Waals surface area contributed by atoms with Gasteiger partial charge in [-0.25, -0.2) is 4.79 Å². The van der Waals surface area contributed by atoms with Gasteiger partial charge in [0, 0.05) is 62.4 Å². The molecule has 2 N–H and O–H groups in total. The zero-order chi connectivity index (χ0) is 23.1. The highest BCUT2D eigenvalue weighted by molar-refractivity contribution is 5.96. The molecule has 1 fully saturated rings. The van der Waals surface area contributed by atoms with Crippen molar-refractivity contribution >= 4 is 22.8 Å². The second-order valence-corrected chi connectivity index (χ2v) is 8.47. The number of piperazine rings is 1. The summed E-state index contributed by atoms with van der Waals surface area (Å²) in [5.41, 5.74) is 2.70. The maximum atomic E-state index is 12.3. The van der Waals surface area contributed by atoms with Gasteiger partial charge >= 0.3 is 11.9 Å². The highest BCUT2D eigenvalue weighted by Gasteiger charge is 2.32. The minimum Gasteiger partial charge on any atom is -0.480 e. The quantitative estimate of drug-likeness (QED) is 0.589. The second-order valence-electron chi connectivity index (χ2n) is 8.47. The SMILES string of the molecule is Cn1cc([C@@H](C(=O)O)N2CCN(Cc3ccc4c(c3)OCO4)CC2)c2ccc(C(=O)O)cc21. The highest BCUT2D eigenvalue weighted by atomic mass is 16.7. The van der Waals surface area contributed by atoms with E-state index >= 15 is 0 Å². The Balaban J connectivity index is 1.32. The molecule has 172 valence electrons. The molecule has 0 aliphatic carbocycles. The maximum absolute atomic E-state index is 12.3. The monoisotopic (exact) mass is 451 g/mol. The van der Waals surface area contributed by atoms with Crippen LogP contribution in [0.3, 0.4) is 0 Å². The van der Waals surface area contributed by atoms with E-state index in [1.54, 1.807) is 29.9 Å². The second kappa shape index (κ2) is 8.42. The number of hydrogen-bond acceptors (Lipinski definition) is 6. The molecule has 0 radical (unpaired) electrons. The van der Waals surface area contributed by atoms with Crippen molar-refractivity contribution in [2.75, 3.05) is 33.0 Å². The molecular formula is C24H25N3O6. The first-order valence-electron chi connectivity index (χ1n) is 10.8. The fourth-order valence-corrected chi connectivity index (χ4v) is 4.73. The van der Waals surface area contributed by atoms with E-state index in [2.05, 4.69) is 4.90 Å². The molecular weight excluding hydrogens is 426 g/mol. The zero-order valence-corrected chi connectivity index (χ0v) is 18.2. The van der Waals surface area contributed by atoms with Crippen LogP contribution in [0.1, 0.15) is 27.5 Å². The third-order valence-electron chi connectivity index (χ3n) is 6.41. The van der Waals surface area contributed by atoms with E-state index in [0.29, 0.717) is 24.2 Å². The van der Waals surface area contributed by atoms with Crippen LogP contribution in [-0.4, -0.2) is 69.5 Å². The van der Waals surface area contributed by atoms with E-state index in [0.717, 1.165) is 42.1 Å². The van der Waals surface area contributed by atoms with Gasteiger partial charge in [0.05, 0.1) is 5.56 Å². The molecule has 3 aromatic rings. The van der Waals surface area contributed by atoms with Gasteiger partial charge in [0.15, 0.2) is 11.5 Å². The summed E-state index contributed by atoms with van der Waals surface area (Å²) in [4.78, 5) is 27.9. The lowest BCUT2D eigenvalue weighted by Crippen LogP contribution is -2.48. The minimum absolute atomic E-state index is 0.180. The predicted molar refractivity (Wildman–Crippen MR) is 120 cm³/mol. The summed E-state index contributed by atoms with van der Waals surface area (Å²) in [6, 6.07) is 9.97. The number of fused-ring (bicyclic) bond motifs is 2. The van der Waals surface area contributed by atoms with Crippen molar-refractivity contribution in [1.82, 2.24) is 14.4 Å². The average Bonchev–Trinajstić information content (AvgIpc) is 3.39. The van der Waals surface area contributed by atoms with Gasteiger partial charge in [-0.05, 0) is 29.8 Å². The summed E-state index contributed by atoms with van der Waals surface area (Å²) in [5.74, 6) is -0.389. The van der Waals surface area contributed by atoms with Gasteiger partial charge in [-0.1, -0.05) is 12.1 Å². The molecule has 2 aromatic carbocycles. The van der Waals surface area contributed by atoms with Crippen molar-refractivity contribution < 1.29 is 29.3 Å². The normalized spacial score (nSPS) is 17.4. The molecule has 9 nitrogen and oxygen atoms in total.